The molecule has 0 spiro atoms. The van der Waals surface area contributed by atoms with Gasteiger partial charge in [-0.25, -0.2) is 4.98 Å². The summed E-state index contributed by atoms with van der Waals surface area (Å²) in [5.41, 5.74) is 3.10. The average molecular weight is 260 g/mol. The monoisotopic (exact) mass is 260 g/mol. The zero-order valence-corrected chi connectivity index (χ0v) is 11.3. The highest BCUT2D eigenvalue weighted by Crippen LogP contribution is 2.41. The summed E-state index contributed by atoms with van der Waals surface area (Å²) >= 11 is 0. The van der Waals surface area contributed by atoms with E-state index < -0.39 is 0 Å². The molecule has 102 valence electrons. The summed E-state index contributed by atoms with van der Waals surface area (Å²) in [6.07, 6.45) is 5.02. The molecular formula is C15H20N2O2. The zero-order valence-electron chi connectivity index (χ0n) is 11.3. The number of hydrogen-bond acceptors (Lipinski definition) is 4. The average Bonchev–Trinajstić information content (AvgIpc) is 2.81. The molecule has 0 radical (unpaired) electrons. The van der Waals surface area contributed by atoms with Crippen LogP contribution in [-0.2, 0) is 6.54 Å². The van der Waals surface area contributed by atoms with Gasteiger partial charge in [0, 0.05) is 25.1 Å². The van der Waals surface area contributed by atoms with Gasteiger partial charge in [-0.15, -0.1) is 0 Å². The Kier molecular flexibility index (Phi) is 3.29. The molecule has 3 rings (SSSR count). The van der Waals surface area contributed by atoms with Gasteiger partial charge in [0.15, 0.2) is 12.0 Å². The summed E-state index contributed by atoms with van der Waals surface area (Å²) in [7, 11) is 2.11. The molecule has 1 aliphatic carbocycles. The van der Waals surface area contributed by atoms with E-state index in [2.05, 4.69) is 23.0 Å². The topological polar surface area (TPSA) is 49.5 Å². The van der Waals surface area contributed by atoms with Crippen LogP contribution >= 0.6 is 0 Å². The van der Waals surface area contributed by atoms with Crippen LogP contribution in [0, 0.1) is 5.41 Å². The van der Waals surface area contributed by atoms with E-state index in [1.54, 1.807) is 0 Å². The van der Waals surface area contributed by atoms with Crippen molar-refractivity contribution in [1.29, 1.82) is 0 Å². The Hall–Kier alpha value is -1.39. The molecule has 1 aliphatic rings. The molecule has 19 heavy (non-hydrogen) atoms. The molecular weight excluding hydrogens is 240 g/mol. The predicted molar refractivity (Wildman–Crippen MR) is 73.7 cm³/mol. The molecule has 2 aromatic rings. The van der Waals surface area contributed by atoms with Crippen molar-refractivity contribution in [3.05, 3.63) is 30.2 Å². The number of aliphatic hydroxyl groups excluding tert-OH is 1. The minimum atomic E-state index is 0.144. The Balaban J connectivity index is 1.66. The lowest BCUT2D eigenvalue weighted by molar-refractivity contribution is 0.0127. The smallest absolute Gasteiger partial charge is 0.181 e. The van der Waals surface area contributed by atoms with Gasteiger partial charge in [-0.1, -0.05) is 12.5 Å². The Morgan fingerprint density at radius 3 is 2.95 bits per heavy atom. The van der Waals surface area contributed by atoms with Crippen LogP contribution in [0.25, 0.3) is 11.1 Å². The maximum absolute atomic E-state index is 9.52. The summed E-state index contributed by atoms with van der Waals surface area (Å²) in [4.78, 5) is 6.41. The summed E-state index contributed by atoms with van der Waals surface area (Å²) in [5, 5.41) is 9.52. The lowest BCUT2D eigenvalue weighted by Gasteiger charge is -2.43. The predicted octanol–water partition coefficient (Wildman–Crippen LogP) is 2.42. The molecule has 1 aromatic carbocycles. The fourth-order valence-electron chi connectivity index (χ4n) is 2.98. The van der Waals surface area contributed by atoms with Crippen LogP contribution in [0.3, 0.4) is 0 Å². The van der Waals surface area contributed by atoms with Crippen molar-refractivity contribution >= 4 is 11.1 Å². The van der Waals surface area contributed by atoms with Gasteiger partial charge in [0.2, 0.25) is 0 Å². The van der Waals surface area contributed by atoms with Crippen molar-refractivity contribution in [3.63, 3.8) is 0 Å². The van der Waals surface area contributed by atoms with Gasteiger partial charge in [0.05, 0.1) is 0 Å². The molecule has 0 bridgehead atoms. The highest BCUT2D eigenvalue weighted by atomic mass is 16.3. The fraction of sp³-hybridized carbons (Fsp3) is 0.533. The molecule has 1 heterocycles. The van der Waals surface area contributed by atoms with Crippen molar-refractivity contribution < 1.29 is 9.52 Å². The van der Waals surface area contributed by atoms with Crippen LogP contribution in [0.4, 0.5) is 0 Å². The third-order valence-corrected chi connectivity index (χ3v) is 4.20. The first-order chi connectivity index (χ1) is 9.21. The minimum Gasteiger partial charge on any atom is -0.443 e. The first-order valence-corrected chi connectivity index (χ1v) is 6.82. The van der Waals surface area contributed by atoms with Gasteiger partial charge in [-0.05, 0) is 37.6 Å². The molecule has 0 saturated heterocycles. The van der Waals surface area contributed by atoms with E-state index in [1.165, 1.54) is 18.4 Å². The highest BCUT2D eigenvalue weighted by Gasteiger charge is 2.37. The van der Waals surface area contributed by atoms with E-state index in [1.807, 2.05) is 12.1 Å². The molecule has 4 nitrogen and oxygen atoms in total. The summed E-state index contributed by atoms with van der Waals surface area (Å²) < 4.78 is 5.32. The number of aliphatic hydroxyl groups is 1. The van der Waals surface area contributed by atoms with E-state index >= 15 is 0 Å². The van der Waals surface area contributed by atoms with Crippen LogP contribution in [0.2, 0.25) is 0 Å². The first kappa shape index (κ1) is 12.6. The van der Waals surface area contributed by atoms with Gasteiger partial charge in [0.1, 0.15) is 5.52 Å². The second kappa shape index (κ2) is 4.94. The van der Waals surface area contributed by atoms with Gasteiger partial charge in [0.25, 0.3) is 0 Å². The fourth-order valence-corrected chi connectivity index (χ4v) is 2.98. The maximum atomic E-state index is 9.52. The third kappa shape index (κ3) is 2.51. The molecule has 1 N–H and O–H groups in total. The van der Waals surface area contributed by atoms with Gasteiger partial charge in [-0.2, -0.15) is 0 Å². The van der Waals surface area contributed by atoms with Crippen molar-refractivity contribution in [2.75, 3.05) is 20.2 Å². The lowest BCUT2D eigenvalue weighted by atomic mass is 9.69. The van der Waals surface area contributed by atoms with Crippen LogP contribution in [0.1, 0.15) is 24.8 Å². The van der Waals surface area contributed by atoms with Gasteiger partial charge in [-0.3, -0.25) is 0 Å². The number of benzene rings is 1. The Labute approximate surface area is 113 Å². The Morgan fingerprint density at radius 1 is 1.42 bits per heavy atom. The molecule has 0 amide bonds. The van der Waals surface area contributed by atoms with Crippen molar-refractivity contribution in [3.8, 4) is 0 Å². The Bertz CT molecular complexity index is 555. The number of rotatable bonds is 5. The van der Waals surface area contributed by atoms with Crippen LogP contribution < -0.4 is 0 Å². The maximum Gasteiger partial charge on any atom is 0.181 e. The molecule has 4 heteroatoms. The first-order valence-electron chi connectivity index (χ1n) is 6.82. The van der Waals surface area contributed by atoms with E-state index in [4.69, 9.17) is 4.42 Å². The SMILES string of the molecule is CN(Cc1ccc2ncoc2c1)CC1(CO)CCC1. The molecule has 0 unspecified atom stereocenters. The number of hydrogen-bond donors (Lipinski definition) is 1. The standard InChI is InChI=1S/C15H20N2O2/c1-17(9-15(10-18)5-2-6-15)8-12-3-4-13-14(7-12)19-11-16-13/h3-4,7,11,18H,2,5-6,8-10H2,1H3. The van der Waals surface area contributed by atoms with E-state index in [9.17, 15) is 5.11 Å². The second-order valence-electron chi connectivity index (χ2n) is 5.84. The summed E-state index contributed by atoms with van der Waals surface area (Å²) in [6, 6.07) is 6.13. The third-order valence-electron chi connectivity index (χ3n) is 4.20. The molecule has 1 saturated carbocycles. The summed E-state index contributed by atoms with van der Waals surface area (Å²) in [6.45, 7) is 2.13. The second-order valence-corrected chi connectivity index (χ2v) is 5.84. The van der Waals surface area contributed by atoms with Crippen LogP contribution in [-0.4, -0.2) is 35.2 Å². The summed E-state index contributed by atoms with van der Waals surface area (Å²) in [5.74, 6) is 0. The van der Waals surface area contributed by atoms with E-state index in [0.717, 1.165) is 37.0 Å². The largest absolute Gasteiger partial charge is 0.443 e. The highest BCUT2D eigenvalue weighted by molar-refractivity contribution is 5.72. The lowest BCUT2D eigenvalue weighted by Crippen LogP contribution is -2.43. The minimum absolute atomic E-state index is 0.144. The van der Waals surface area contributed by atoms with Crippen molar-refractivity contribution in [2.24, 2.45) is 5.41 Å². The van der Waals surface area contributed by atoms with Crippen LogP contribution in [0.15, 0.2) is 29.0 Å². The number of aromatic nitrogens is 1. The van der Waals surface area contributed by atoms with Crippen molar-refractivity contribution in [1.82, 2.24) is 9.88 Å². The van der Waals surface area contributed by atoms with Crippen molar-refractivity contribution in [2.45, 2.75) is 25.8 Å². The number of nitrogens with zero attached hydrogens (tertiary/aromatic N) is 2. The van der Waals surface area contributed by atoms with E-state index in [-0.39, 0.29) is 5.41 Å². The zero-order chi connectivity index (χ0) is 13.3. The number of fused-ring (bicyclic) bond motifs is 1. The van der Waals surface area contributed by atoms with Gasteiger partial charge >= 0.3 is 0 Å². The quantitative estimate of drug-likeness (QED) is 0.897. The van der Waals surface area contributed by atoms with E-state index in [0.29, 0.717) is 6.61 Å². The van der Waals surface area contributed by atoms with Crippen LogP contribution in [0.5, 0.6) is 0 Å². The molecule has 1 aromatic heterocycles. The molecule has 1 fully saturated rings. The Morgan fingerprint density at radius 2 is 2.26 bits per heavy atom. The molecule has 0 aliphatic heterocycles. The molecule has 0 atom stereocenters. The number of oxazole rings is 1. The van der Waals surface area contributed by atoms with Gasteiger partial charge < -0.3 is 14.4 Å². The normalized spacial score (nSPS) is 17.8.